The van der Waals surface area contributed by atoms with Crippen molar-refractivity contribution in [3.63, 3.8) is 0 Å². The minimum Gasteiger partial charge on any atom is -0.481 e. The van der Waals surface area contributed by atoms with Crippen molar-refractivity contribution < 1.29 is 44.0 Å². The fraction of sp³-hybridized carbons (Fsp3) is 0.765. The molecule has 0 aromatic rings. The molecule has 11 N–H and O–H groups in total. The molecular weight excluding hydrogens is 418 g/mol. The first-order valence-corrected chi connectivity index (χ1v) is 9.63. The standard InChI is InChI=1S/C17H31N5O9/c1-6(15(27)22-8(14(20)26)3-4-10(23)24)21-16(28)7(2)30-13-11(19)17(29)31-9(5-18)12(13)25/h6-9,11-13,17,25,29H,3-5,18-19H2,1-2H3,(H2,20,26)(H,21,28)(H,22,27)(H,23,24)/t6-,7+,8+,9+,11+,12+,13+,17+/m0/s1. The molecule has 1 saturated heterocycles. The van der Waals surface area contributed by atoms with Crippen molar-refractivity contribution in [2.45, 2.75) is 75.5 Å². The summed E-state index contributed by atoms with van der Waals surface area (Å²) >= 11 is 0. The van der Waals surface area contributed by atoms with Crippen LogP contribution in [-0.2, 0) is 28.7 Å². The van der Waals surface area contributed by atoms with Gasteiger partial charge in [0.1, 0.15) is 36.5 Å². The Morgan fingerprint density at radius 2 is 1.74 bits per heavy atom. The average Bonchev–Trinajstić information content (AvgIpc) is 2.69. The molecule has 0 saturated carbocycles. The fourth-order valence-corrected chi connectivity index (χ4v) is 2.86. The molecule has 1 aliphatic rings. The van der Waals surface area contributed by atoms with E-state index in [4.69, 9.17) is 31.8 Å². The van der Waals surface area contributed by atoms with Crippen molar-refractivity contribution >= 4 is 23.7 Å². The molecule has 1 fully saturated rings. The molecule has 0 aliphatic carbocycles. The highest BCUT2D eigenvalue weighted by atomic mass is 16.6. The lowest BCUT2D eigenvalue weighted by atomic mass is 9.97. The van der Waals surface area contributed by atoms with Crippen molar-refractivity contribution in [1.82, 2.24) is 10.6 Å². The van der Waals surface area contributed by atoms with Crippen LogP contribution in [0, 0.1) is 0 Å². The molecule has 8 atom stereocenters. The number of hydrogen-bond donors (Lipinski definition) is 8. The summed E-state index contributed by atoms with van der Waals surface area (Å²) in [7, 11) is 0. The molecule has 14 nitrogen and oxygen atoms in total. The largest absolute Gasteiger partial charge is 0.481 e. The first-order chi connectivity index (χ1) is 14.4. The van der Waals surface area contributed by atoms with Gasteiger partial charge < -0.3 is 52.6 Å². The summed E-state index contributed by atoms with van der Waals surface area (Å²) < 4.78 is 10.6. The number of carbonyl (C=O) groups is 4. The van der Waals surface area contributed by atoms with Gasteiger partial charge in [-0.25, -0.2) is 0 Å². The van der Waals surface area contributed by atoms with Crippen LogP contribution in [0.15, 0.2) is 0 Å². The lowest BCUT2D eigenvalue weighted by Gasteiger charge is -2.41. The summed E-state index contributed by atoms with van der Waals surface area (Å²) in [4.78, 5) is 46.7. The SMILES string of the molecule is C[C@H](NC(=O)[C@@H](C)O[C@@H]1[C@@H](N)[C@H](O)O[C@H](CN)[C@H]1O)C(=O)N[C@H](CCC(=O)O)C(N)=O. The Kier molecular flexibility index (Phi) is 10.2. The van der Waals surface area contributed by atoms with E-state index < -0.39 is 72.5 Å². The van der Waals surface area contributed by atoms with E-state index in [1.807, 2.05) is 0 Å². The van der Waals surface area contributed by atoms with Crippen LogP contribution in [0.5, 0.6) is 0 Å². The topological polar surface area (TPSA) is 250 Å². The number of primary amides is 1. The van der Waals surface area contributed by atoms with Crippen molar-refractivity contribution in [3.05, 3.63) is 0 Å². The van der Waals surface area contributed by atoms with E-state index in [1.54, 1.807) is 0 Å². The molecule has 31 heavy (non-hydrogen) atoms. The molecule has 0 unspecified atom stereocenters. The number of hydrogen-bond acceptors (Lipinski definition) is 10. The van der Waals surface area contributed by atoms with E-state index in [0.29, 0.717) is 0 Å². The zero-order chi connectivity index (χ0) is 23.9. The second kappa shape index (κ2) is 11.9. The zero-order valence-corrected chi connectivity index (χ0v) is 17.3. The fourth-order valence-electron chi connectivity index (χ4n) is 2.86. The number of nitrogens with two attached hydrogens (primary N) is 3. The Morgan fingerprint density at radius 1 is 1.13 bits per heavy atom. The van der Waals surface area contributed by atoms with Crippen LogP contribution in [-0.4, -0.2) is 94.4 Å². The minimum absolute atomic E-state index is 0.120. The highest BCUT2D eigenvalue weighted by molar-refractivity contribution is 5.92. The Bertz CT molecular complexity index is 664. The summed E-state index contributed by atoms with van der Waals surface area (Å²) in [6, 6.07) is -3.50. The summed E-state index contributed by atoms with van der Waals surface area (Å²) in [5.41, 5.74) is 16.4. The number of rotatable bonds is 11. The number of amides is 3. The van der Waals surface area contributed by atoms with Crippen molar-refractivity contribution in [2.75, 3.05) is 6.54 Å². The molecule has 0 radical (unpaired) electrons. The molecule has 3 amide bonds. The minimum atomic E-state index is -1.46. The number of carbonyl (C=O) groups excluding carboxylic acids is 3. The number of carboxylic acids is 1. The first kappa shape index (κ1) is 26.7. The van der Waals surface area contributed by atoms with E-state index in [2.05, 4.69) is 10.6 Å². The number of carboxylic acid groups (broad SMARTS) is 1. The van der Waals surface area contributed by atoms with Crippen molar-refractivity contribution in [3.8, 4) is 0 Å². The van der Waals surface area contributed by atoms with E-state index in [1.165, 1.54) is 13.8 Å². The van der Waals surface area contributed by atoms with Gasteiger partial charge in [0, 0.05) is 13.0 Å². The quantitative estimate of drug-likeness (QED) is 0.149. The van der Waals surface area contributed by atoms with Crippen LogP contribution < -0.4 is 27.8 Å². The molecule has 0 spiro atoms. The summed E-state index contributed by atoms with van der Waals surface area (Å²) in [6.07, 6.45) is -6.66. The maximum atomic E-state index is 12.4. The summed E-state index contributed by atoms with van der Waals surface area (Å²) in [6.45, 7) is 2.56. The lowest BCUT2D eigenvalue weighted by Crippen LogP contribution is -2.64. The first-order valence-electron chi connectivity index (χ1n) is 9.63. The van der Waals surface area contributed by atoms with Crippen molar-refractivity contribution in [2.24, 2.45) is 17.2 Å². The maximum absolute atomic E-state index is 12.4. The number of aliphatic hydroxyl groups excluding tert-OH is 2. The molecule has 0 bridgehead atoms. The van der Waals surface area contributed by atoms with Crippen LogP contribution >= 0.6 is 0 Å². The second-order valence-corrected chi connectivity index (χ2v) is 7.24. The Hall–Kier alpha value is -2.36. The van der Waals surface area contributed by atoms with E-state index in [9.17, 15) is 29.4 Å². The van der Waals surface area contributed by atoms with Gasteiger partial charge in [-0.1, -0.05) is 0 Å². The molecule has 0 aromatic heterocycles. The maximum Gasteiger partial charge on any atom is 0.303 e. The monoisotopic (exact) mass is 449 g/mol. The average molecular weight is 449 g/mol. The highest BCUT2D eigenvalue weighted by Crippen LogP contribution is 2.22. The Morgan fingerprint density at radius 3 is 2.26 bits per heavy atom. The molecule has 0 aromatic carbocycles. The molecular formula is C17H31N5O9. The molecule has 1 rings (SSSR count). The predicted octanol–water partition coefficient (Wildman–Crippen LogP) is -4.54. The zero-order valence-electron chi connectivity index (χ0n) is 17.3. The predicted molar refractivity (Wildman–Crippen MR) is 104 cm³/mol. The Labute approximate surface area is 178 Å². The van der Waals surface area contributed by atoms with Gasteiger partial charge in [-0.3, -0.25) is 19.2 Å². The van der Waals surface area contributed by atoms with Gasteiger partial charge in [-0.2, -0.15) is 0 Å². The lowest BCUT2D eigenvalue weighted by molar-refractivity contribution is -0.253. The van der Waals surface area contributed by atoms with Gasteiger partial charge in [0.15, 0.2) is 6.29 Å². The normalized spacial score (nSPS) is 28.8. The van der Waals surface area contributed by atoms with Gasteiger partial charge in [0.25, 0.3) is 0 Å². The van der Waals surface area contributed by atoms with Crippen LogP contribution in [0.25, 0.3) is 0 Å². The third-order valence-corrected chi connectivity index (χ3v) is 4.76. The summed E-state index contributed by atoms with van der Waals surface area (Å²) in [5, 5.41) is 33.4. The van der Waals surface area contributed by atoms with Gasteiger partial charge >= 0.3 is 5.97 Å². The van der Waals surface area contributed by atoms with Crippen LogP contribution in [0.4, 0.5) is 0 Å². The van der Waals surface area contributed by atoms with Gasteiger partial charge in [-0.15, -0.1) is 0 Å². The van der Waals surface area contributed by atoms with Gasteiger partial charge in [-0.05, 0) is 20.3 Å². The van der Waals surface area contributed by atoms with Gasteiger partial charge in [0.05, 0.1) is 6.04 Å². The number of aliphatic carboxylic acids is 1. The molecule has 178 valence electrons. The van der Waals surface area contributed by atoms with Crippen LogP contribution in [0.2, 0.25) is 0 Å². The highest BCUT2D eigenvalue weighted by Gasteiger charge is 2.44. The molecule has 14 heteroatoms. The molecule has 1 heterocycles. The molecule has 1 aliphatic heterocycles. The van der Waals surface area contributed by atoms with Crippen LogP contribution in [0.1, 0.15) is 26.7 Å². The number of nitrogens with one attached hydrogen (secondary N) is 2. The van der Waals surface area contributed by atoms with E-state index >= 15 is 0 Å². The van der Waals surface area contributed by atoms with Crippen molar-refractivity contribution in [1.29, 1.82) is 0 Å². The van der Waals surface area contributed by atoms with E-state index in [0.717, 1.165) is 0 Å². The van der Waals surface area contributed by atoms with Gasteiger partial charge in [0.2, 0.25) is 17.7 Å². The second-order valence-electron chi connectivity index (χ2n) is 7.24. The summed E-state index contributed by atoms with van der Waals surface area (Å²) in [5.74, 6) is -3.59. The van der Waals surface area contributed by atoms with E-state index in [-0.39, 0.29) is 19.4 Å². The third-order valence-electron chi connectivity index (χ3n) is 4.76. The van der Waals surface area contributed by atoms with Crippen LogP contribution in [0.3, 0.4) is 0 Å². The smallest absolute Gasteiger partial charge is 0.303 e. The number of aliphatic hydroxyl groups is 2. The Balaban J connectivity index is 2.66. The number of ether oxygens (including phenoxy) is 2. The third kappa shape index (κ3) is 7.68.